The van der Waals surface area contributed by atoms with Gasteiger partial charge in [0, 0.05) is 13.1 Å². The lowest BCUT2D eigenvalue weighted by molar-refractivity contribution is 0.298. The topological polar surface area (TPSA) is 79.0 Å². The average molecular weight is 351 g/mol. The highest BCUT2D eigenvalue weighted by Gasteiger charge is 2.21. The van der Waals surface area contributed by atoms with Gasteiger partial charge in [0.05, 0.1) is 0 Å². The van der Waals surface area contributed by atoms with Crippen molar-refractivity contribution >= 4 is 23.7 Å². The highest BCUT2D eigenvalue weighted by atomic mass is 32.1. The van der Waals surface area contributed by atoms with E-state index < -0.39 is 0 Å². The molecular weight excluding hydrogens is 320 g/mol. The normalized spacial score (nSPS) is 20.3. The molecule has 6 heteroatoms. The molecule has 0 saturated heterocycles. The Morgan fingerprint density at radius 1 is 0.833 bits per heavy atom. The van der Waals surface area contributed by atoms with Crippen LogP contribution in [-0.4, -0.2) is 9.13 Å². The summed E-state index contributed by atoms with van der Waals surface area (Å²) in [4.78, 5) is 12.6. The molecule has 0 radical (unpaired) electrons. The van der Waals surface area contributed by atoms with Crippen LogP contribution in [0, 0.1) is 16.6 Å². The van der Waals surface area contributed by atoms with Gasteiger partial charge in [-0.1, -0.05) is 38.5 Å². The number of nitrogen functional groups attached to an aromatic ring is 2. The summed E-state index contributed by atoms with van der Waals surface area (Å²) in [5.74, 6) is 1.48. The van der Waals surface area contributed by atoms with Crippen molar-refractivity contribution in [2.75, 3.05) is 11.5 Å². The SMILES string of the molecule is Nc1c(N)n(CC2CCCCC2)c(=S)n(CC2CCCCC2)c1=O. The Morgan fingerprint density at radius 2 is 1.29 bits per heavy atom. The van der Waals surface area contributed by atoms with Crippen LogP contribution in [0.2, 0.25) is 0 Å². The quantitative estimate of drug-likeness (QED) is 0.812. The Balaban J connectivity index is 1.90. The van der Waals surface area contributed by atoms with E-state index in [-0.39, 0.29) is 11.2 Å². The van der Waals surface area contributed by atoms with Gasteiger partial charge in [0.25, 0.3) is 5.56 Å². The van der Waals surface area contributed by atoms with Gasteiger partial charge in [0.1, 0.15) is 11.5 Å². The lowest BCUT2D eigenvalue weighted by atomic mass is 9.89. The van der Waals surface area contributed by atoms with E-state index in [4.69, 9.17) is 23.7 Å². The molecule has 2 saturated carbocycles. The molecule has 2 aliphatic carbocycles. The number of hydrogen-bond acceptors (Lipinski definition) is 4. The first-order valence-electron chi connectivity index (χ1n) is 9.46. The van der Waals surface area contributed by atoms with Crippen molar-refractivity contribution in [3.63, 3.8) is 0 Å². The molecule has 1 aromatic heterocycles. The van der Waals surface area contributed by atoms with Crippen LogP contribution in [0.5, 0.6) is 0 Å². The lowest BCUT2D eigenvalue weighted by Gasteiger charge is -2.26. The highest BCUT2D eigenvalue weighted by molar-refractivity contribution is 7.71. The molecule has 0 bridgehead atoms. The summed E-state index contributed by atoms with van der Waals surface area (Å²) in [5.41, 5.74) is 12.2. The van der Waals surface area contributed by atoms with Crippen molar-refractivity contribution in [1.29, 1.82) is 0 Å². The van der Waals surface area contributed by atoms with Gasteiger partial charge in [-0.2, -0.15) is 0 Å². The minimum Gasteiger partial charge on any atom is -0.391 e. The Bertz CT molecular complexity index is 681. The van der Waals surface area contributed by atoms with Gasteiger partial charge in [-0.3, -0.25) is 9.36 Å². The second kappa shape index (κ2) is 7.72. The molecular formula is C18H30N4OS. The van der Waals surface area contributed by atoms with E-state index >= 15 is 0 Å². The van der Waals surface area contributed by atoms with Crippen molar-refractivity contribution in [3.05, 3.63) is 15.1 Å². The van der Waals surface area contributed by atoms with Gasteiger partial charge in [-0.05, 0) is 49.7 Å². The van der Waals surface area contributed by atoms with Gasteiger partial charge < -0.3 is 16.0 Å². The smallest absolute Gasteiger partial charge is 0.279 e. The fraction of sp³-hybridized carbons (Fsp3) is 0.778. The van der Waals surface area contributed by atoms with Gasteiger partial charge in [0.2, 0.25) is 0 Å². The molecule has 5 nitrogen and oxygen atoms in total. The summed E-state index contributed by atoms with van der Waals surface area (Å²) in [6.45, 7) is 1.48. The Kier molecular flexibility index (Phi) is 5.64. The molecule has 2 fully saturated rings. The maximum absolute atomic E-state index is 12.6. The molecule has 0 amide bonds. The van der Waals surface area contributed by atoms with Crippen LogP contribution >= 0.6 is 12.2 Å². The molecule has 0 aromatic carbocycles. The maximum Gasteiger partial charge on any atom is 0.279 e. The zero-order valence-corrected chi connectivity index (χ0v) is 15.3. The molecule has 134 valence electrons. The molecule has 3 rings (SSSR count). The van der Waals surface area contributed by atoms with Gasteiger partial charge in [0.15, 0.2) is 4.77 Å². The van der Waals surface area contributed by atoms with E-state index in [1.54, 1.807) is 4.57 Å². The number of rotatable bonds is 4. The van der Waals surface area contributed by atoms with E-state index in [1.807, 2.05) is 4.57 Å². The third-order valence-electron chi connectivity index (χ3n) is 5.84. The number of nitrogens with two attached hydrogens (primary N) is 2. The van der Waals surface area contributed by atoms with Crippen molar-refractivity contribution < 1.29 is 0 Å². The molecule has 0 atom stereocenters. The molecule has 24 heavy (non-hydrogen) atoms. The van der Waals surface area contributed by atoms with Crippen LogP contribution in [0.1, 0.15) is 64.2 Å². The molecule has 0 unspecified atom stereocenters. The first-order valence-corrected chi connectivity index (χ1v) is 9.87. The largest absolute Gasteiger partial charge is 0.391 e. The summed E-state index contributed by atoms with van der Waals surface area (Å²) in [6.07, 6.45) is 12.4. The molecule has 1 aromatic rings. The number of anilines is 2. The number of aromatic nitrogens is 2. The van der Waals surface area contributed by atoms with Crippen LogP contribution in [0.25, 0.3) is 0 Å². The number of hydrogen-bond donors (Lipinski definition) is 2. The molecule has 2 aliphatic rings. The van der Waals surface area contributed by atoms with E-state index in [1.165, 1.54) is 64.2 Å². The first kappa shape index (κ1) is 17.5. The summed E-state index contributed by atoms with van der Waals surface area (Å²) in [5, 5.41) is 0. The van der Waals surface area contributed by atoms with E-state index in [0.717, 1.165) is 6.54 Å². The Hall–Kier alpha value is -1.30. The second-order valence-electron chi connectivity index (χ2n) is 7.62. The van der Waals surface area contributed by atoms with Gasteiger partial charge in [-0.15, -0.1) is 0 Å². The van der Waals surface area contributed by atoms with Crippen LogP contribution in [0.15, 0.2) is 4.79 Å². The monoisotopic (exact) mass is 350 g/mol. The van der Waals surface area contributed by atoms with Crippen molar-refractivity contribution in [1.82, 2.24) is 9.13 Å². The standard InChI is InChI=1S/C18H30N4OS/c19-15-16(20)21(11-13-7-3-1-4-8-13)18(24)22(17(15)23)12-14-9-5-2-6-10-14/h13-14H,1-12,19-20H2. The van der Waals surface area contributed by atoms with Crippen LogP contribution in [0.4, 0.5) is 11.5 Å². The van der Waals surface area contributed by atoms with E-state index in [0.29, 0.717) is 29.0 Å². The molecule has 4 N–H and O–H groups in total. The van der Waals surface area contributed by atoms with Crippen molar-refractivity contribution in [2.24, 2.45) is 11.8 Å². The third-order valence-corrected chi connectivity index (χ3v) is 6.28. The molecule has 0 aliphatic heterocycles. The van der Waals surface area contributed by atoms with Crippen molar-refractivity contribution in [3.8, 4) is 0 Å². The molecule has 1 heterocycles. The predicted molar refractivity (Wildman–Crippen MR) is 102 cm³/mol. The van der Waals surface area contributed by atoms with Crippen LogP contribution < -0.4 is 17.0 Å². The summed E-state index contributed by atoms with van der Waals surface area (Å²) in [7, 11) is 0. The lowest BCUT2D eigenvalue weighted by Crippen LogP contribution is -2.33. The van der Waals surface area contributed by atoms with Crippen molar-refractivity contribution in [2.45, 2.75) is 77.3 Å². The third kappa shape index (κ3) is 3.68. The summed E-state index contributed by atoms with van der Waals surface area (Å²) >= 11 is 5.65. The minimum absolute atomic E-state index is 0.162. The van der Waals surface area contributed by atoms with Crippen LogP contribution in [-0.2, 0) is 13.1 Å². The fourth-order valence-corrected chi connectivity index (χ4v) is 4.66. The zero-order valence-electron chi connectivity index (χ0n) is 14.5. The maximum atomic E-state index is 12.6. The minimum atomic E-state index is -0.206. The molecule has 0 spiro atoms. The zero-order chi connectivity index (χ0) is 17.1. The van der Waals surface area contributed by atoms with E-state index in [2.05, 4.69) is 0 Å². The van der Waals surface area contributed by atoms with Crippen LogP contribution in [0.3, 0.4) is 0 Å². The van der Waals surface area contributed by atoms with Gasteiger partial charge >= 0.3 is 0 Å². The first-order chi connectivity index (χ1) is 11.6. The fourth-order valence-electron chi connectivity index (χ4n) is 4.33. The summed E-state index contributed by atoms with van der Waals surface area (Å²) < 4.78 is 4.19. The average Bonchev–Trinajstić information content (AvgIpc) is 2.62. The van der Waals surface area contributed by atoms with E-state index in [9.17, 15) is 4.79 Å². The van der Waals surface area contributed by atoms with Gasteiger partial charge in [-0.25, -0.2) is 0 Å². The number of nitrogens with zero attached hydrogens (tertiary/aromatic N) is 2. The Morgan fingerprint density at radius 3 is 1.79 bits per heavy atom. The Labute approximate surface area is 149 Å². The summed E-state index contributed by atoms with van der Waals surface area (Å²) in [6, 6.07) is 0. The highest BCUT2D eigenvalue weighted by Crippen LogP contribution is 2.28. The second-order valence-corrected chi connectivity index (χ2v) is 7.98. The predicted octanol–water partition coefficient (Wildman–Crippen LogP) is 3.70.